The Balaban J connectivity index is 0.00000225. The number of carbonyl (C=O) groups excluding carboxylic acids is 1. The van der Waals surface area contributed by atoms with Crippen molar-refractivity contribution < 1.29 is 9.18 Å². The molecule has 1 aliphatic heterocycles. The van der Waals surface area contributed by atoms with Gasteiger partial charge < -0.3 is 10.6 Å². The van der Waals surface area contributed by atoms with Crippen LogP contribution in [-0.4, -0.2) is 25.5 Å². The number of piperidine rings is 1. The van der Waals surface area contributed by atoms with Crippen LogP contribution in [-0.2, 0) is 10.2 Å². The highest BCUT2D eigenvalue weighted by Crippen LogP contribution is 2.40. The topological polar surface area (TPSA) is 41.1 Å². The van der Waals surface area contributed by atoms with Crippen LogP contribution in [0.4, 0.5) is 4.39 Å². The molecule has 25 heavy (non-hydrogen) atoms. The molecule has 1 amide bonds. The molecule has 0 radical (unpaired) electrons. The Hall–Kier alpha value is -1.13. The van der Waals surface area contributed by atoms with E-state index in [9.17, 15) is 9.18 Å². The van der Waals surface area contributed by atoms with Gasteiger partial charge in [-0.15, -0.1) is 12.4 Å². The van der Waals surface area contributed by atoms with Gasteiger partial charge >= 0.3 is 0 Å². The van der Waals surface area contributed by atoms with Crippen molar-refractivity contribution in [2.24, 2.45) is 5.41 Å². The Labute approximate surface area is 156 Å². The Kier molecular flexibility index (Phi) is 6.86. The first-order valence-corrected chi connectivity index (χ1v) is 9.29. The number of hydrogen-bond donors (Lipinski definition) is 2. The van der Waals surface area contributed by atoms with Crippen LogP contribution in [0.15, 0.2) is 24.3 Å². The van der Waals surface area contributed by atoms with Crippen LogP contribution in [0.3, 0.4) is 0 Å². The van der Waals surface area contributed by atoms with Crippen molar-refractivity contribution in [2.45, 2.75) is 57.3 Å². The second-order valence-electron chi connectivity index (χ2n) is 7.90. The van der Waals surface area contributed by atoms with Gasteiger partial charge in [-0.3, -0.25) is 4.79 Å². The summed E-state index contributed by atoms with van der Waals surface area (Å²) in [5.41, 5.74) is 0.456. The first-order valence-electron chi connectivity index (χ1n) is 9.29. The van der Waals surface area contributed by atoms with Gasteiger partial charge in [0.05, 0.1) is 5.41 Å². The lowest BCUT2D eigenvalue weighted by Gasteiger charge is -2.39. The van der Waals surface area contributed by atoms with Crippen LogP contribution in [0.2, 0.25) is 0 Å². The quantitative estimate of drug-likeness (QED) is 0.844. The second-order valence-corrected chi connectivity index (χ2v) is 7.90. The summed E-state index contributed by atoms with van der Waals surface area (Å²) >= 11 is 0. The third-order valence-corrected chi connectivity index (χ3v) is 6.01. The van der Waals surface area contributed by atoms with E-state index in [2.05, 4.69) is 17.6 Å². The maximum Gasteiger partial charge on any atom is 0.230 e. The highest BCUT2D eigenvalue weighted by Gasteiger charge is 2.42. The Bertz CT molecular complexity index is 581. The zero-order chi connectivity index (χ0) is 17.0. The van der Waals surface area contributed by atoms with Gasteiger partial charge in [0.25, 0.3) is 0 Å². The fourth-order valence-corrected chi connectivity index (χ4v) is 4.26. The second kappa shape index (κ2) is 8.50. The first kappa shape index (κ1) is 20.2. The van der Waals surface area contributed by atoms with Crippen LogP contribution in [0.1, 0.15) is 57.4 Å². The van der Waals surface area contributed by atoms with E-state index in [4.69, 9.17) is 0 Å². The standard InChI is InChI=1S/C20H29FN2O.ClH/c1-19(10-12-22-13-11-19)15-23-18(24)20(8-3-2-4-9-20)16-6-5-7-17(21)14-16;/h5-7,14,22H,2-4,8-13,15H2,1H3,(H,23,24);1H. The minimum atomic E-state index is -0.552. The number of amides is 1. The van der Waals surface area contributed by atoms with E-state index >= 15 is 0 Å². The molecule has 1 heterocycles. The Morgan fingerprint density at radius 1 is 1.16 bits per heavy atom. The van der Waals surface area contributed by atoms with Crippen LogP contribution in [0, 0.1) is 11.2 Å². The van der Waals surface area contributed by atoms with Crippen molar-refractivity contribution in [2.75, 3.05) is 19.6 Å². The fraction of sp³-hybridized carbons (Fsp3) is 0.650. The number of carbonyl (C=O) groups is 1. The Morgan fingerprint density at radius 2 is 1.84 bits per heavy atom. The summed E-state index contributed by atoms with van der Waals surface area (Å²) in [6, 6.07) is 6.65. The summed E-state index contributed by atoms with van der Waals surface area (Å²) < 4.78 is 13.8. The SMILES string of the molecule is CC1(CNC(=O)C2(c3cccc(F)c3)CCCCC2)CCNCC1.Cl. The molecule has 1 aliphatic carbocycles. The maximum absolute atomic E-state index is 13.8. The van der Waals surface area contributed by atoms with Gasteiger partial charge in [0.2, 0.25) is 5.91 Å². The minimum absolute atomic E-state index is 0. The molecule has 1 aromatic carbocycles. The summed E-state index contributed by atoms with van der Waals surface area (Å²) in [5, 5.41) is 6.61. The molecule has 140 valence electrons. The van der Waals surface area contributed by atoms with Gasteiger partial charge in [0.1, 0.15) is 5.82 Å². The van der Waals surface area contributed by atoms with Crippen molar-refractivity contribution in [3.05, 3.63) is 35.6 Å². The lowest BCUT2D eigenvalue weighted by molar-refractivity contribution is -0.128. The zero-order valence-corrected chi connectivity index (χ0v) is 15.9. The molecular formula is C20H30ClFN2O. The van der Waals surface area contributed by atoms with Gasteiger partial charge in [-0.2, -0.15) is 0 Å². The largest absolute Gasteiger partial charge is 0.355 e. The van der Waals surface area contributed by atoms with E-state index in [0.717, 1.165) is 63.6 Å². The third kappa shape index (κ3) is 4.53. The van der Waals surface area contributed by atoms with Crippen molar-refractivity contribution in [1.82, 2.24) is 10.6 Å². The van der Waals surface area contributed by atoms with E-state index in [0.29, 0.717) is 6.54 Å². The molecule has 1 saturated carbocycles. The average molecular weight is 369 g/mol. The lowest BCUT2D eigenvalue weighted by Crippen LogP contribution is -2.50. The Morgan fingerprint density at radius 3 is 2.48 bits per heavy atom. The number of halogens is 2. The number of nitrogens with one attached hydrogen (secondary N) is 2. The number of hydrogen-bond acceptors (Lipinski definition) is 2. The van der Waals surface area contributed by atoms with E-state index in [1.165, 1.54) is 6.07 Å². The van der Waals surface area contributed by atoms with Crippen LogP contribution in [0.5, 0.6) is 0 Å². The van der Waals surface area contributed by atoms with Gasteiger partial charge in [0, 0.05) is 6.54 Å². The molecule has 2 fully saturated rings. The first-order chi connectivity index (χ1) is 11.5. The van der Waals surface area contributed by atoms with Gasteiger partial charge in [-0.05, 0) is 61.9 Å². The fourth-order valence-electron chi connectivity index (χ4n) is 4.26. The molecular weight excluding hydrogens is 339 g/mol. The normalized spacial score (nSPS) is 21.8. The molecule has 3 rings (SSSR count). The number of benzene rings is 1. The minimum Gasteiger partial charge on any atom is -0.355 e. The molecule has 0 spiro atoms. The maximum atomic E-state index is 13.8. The summed E-state index contributed by atoms with van der Waals surface area (Å²) in [6.45, 7) is 5.00. The average Bonchev–Trinajstić information content (AvgIpc) is 2.61. The van der Waals surface area contributed by atoms with Crippen molar-refractivity contribution in [3.8, 4) is 0 Å². The zero-order valence-electron chi connectivity index (χ0n) is 15.1. The third-order valence-electron chi connectivity index (χ3n) is 6.01. The highest BCUT2D eigenvalue weighted by molar-refractivity contribution is 5.88. The predicted octanol–water partition coefficient (Wildman–Crippen LogP) is 3.96. The summed E-state index contributed by atoms with van der Waals surface area (Å²) in [6.07, 6.45) is 7.03. The molecule has 0 atom stereocenters. The molecule has 1 aromatic rings. The van der Waals surface area contributed by atoms with Crippen LogP contribution in [0.25, 0.3) is 0 Å². The van der Waals surface area contributed by atoms with Crippen LogP contribution >= 0.6 is 12.4 Å². The van der Waals surface area contributed by atoms with Crippen molar-refractivity contribution in [1.29, 1.82) is 0 Å². The van der Waals surface area contributed by atoms with Crippen molar-refractivity contribution >= 4 is 18.3 Å². The predicted molar refractivity (Wildman–Crippen MR) is 102 cm³/mol. The molecule has 2 N–H and O–H groups in total. The smallest absolute Gasteiger partial charge is 0.230 e. The summed E-state index contributed by atoms with van der Waals surface area (Å²) in [5.74, 6) is -0.164. The molecule has 0 bridgehead atoms. The molecule has 5 heteroatoms. The van der Waals surface area contributed by atoms with Crippen LogP contribution < -0.4 is 10.6 Å². The molecule has 0 aromatic heterocycles. The molecule has 2 aliphatic rings. The molecule has 3 nitrogen and oxygen atoms in total. The lowest BCUT2D eigenvalue weighted by atomic mass is 9.68. The van der Waals surface area contributed by atoms with E-state index < -0.39 is 5.41 Å². The number of rotatable bonds is 4. The van der Waals surface area contributed by atoms with Gasteiger partial charge in [0.15, 0.2) is 0 Å². The monoisotopic (exact) mass is 368 g/mol. The van der Waals surface area contributed by atoms with Crippen molar-refractivity contribution in [3.63, 3.8) is 0 Å². The van der Waals surface area contributed by atoms with Gasteiger partial charge in [-0.25, -0.2) is 4.39 Å². The highest BCUT2D eigenvalue weighted by atomic mass is 35.5. The van der Waals surface area contributed by atoms with E-state index in [1.54, 1.807) is 12.1 Å². The summed E-state index contributed by atoms with van der Waals surface area (Å²) in [7, 11) is 0. The summed E-state index contributed by atoms with van der Waals surface area (Å²) in [4.78, 5) is 13.2. The van der Waals surface area contributed by atoms with E-state index in [-0.39, 0.29) is 29.5 Å². The molecule has 1 saturated heterocycles. The van der Waals surface area contributed by atoms with E-state index in [1.807, 2.05) is 6.07 Å². The molecule has 0 unspecified atom stereocenters. The van der Waals surface area contributed by atoms with Gasteiger partial charge in [-0.1, -0.05) is 38.3 Å².